The van der Waals surface area contributed by atoms with Gasteiger partial charge < -0.3 is 15.1 Å². The molecule has 3 amide bonds. The van der Waals surface area contributed by atoms with Gasteiger partial charge in [-0.3, -0.25) is 4.79 Å². The van der Waals surface area contributed by atoms with Gasteiger partial charge in [0.1, 0.15) is 0 Å². The number of urea groups is 1. The number of thioether (sulfide) groups is 1. The van der Waals surface area contributed by atoms with E-state index in [1.54, 1.807) is 0 Å². The first kappa shape index (κ1) is 19.8. The second kappa shape index (κ2) is 8.11. The van der Waals surface area contributed by atoms with Crippen molar-refractivity contribution in [3.05, 3.63) is 65.2 Å². The van der Waals surface area contributed by atoms with Crippen LogP contribution in [0.25, 0.3) is 0 Å². The number of carbonyl (C=O) groups is 2. The van der Waals surface area contributed by atoms with Gasteiger partial charge in [0.15, 0.2) is 0 Å². The van der Waals surface area contributed by atoms with Gasteiger partial charge in [0.05, 0.1) is 4.87 Å². The monoisotopic (exact) mass is 409 g/mol. The molecule has 0 saturated carbocycles. The Balaban J connectivity index is 1.43. The van der Waals surface area contributed by atoms with Crippen LogP contribution in [0.4, 0.5) is 10.5 Å². The summed E-state index contributed by atoms with van der Waals surface area (Å²) in [5.74, 6) is 1.07. The molecule has 0 atom stereocenters. The van der Waals surface area contributed by atoms with Crippen molar-refractivity contribution in [3.8, 4) is 0 Å². The fourth-order valence-corrected chi connectivity index (χ4v) is 5.71. The third-order valence-electron chi connectivity index (χ3n) is 5.90. The van der Waals surface area contributed by atoms with Gasteiger partial charge >= 0.3 is 6.03 Å². The number of rotatable bonds is 2. The van der Waals surface area contributed by atoms with E-state index < -0.39 is 0 Å². The Labute approximate surface area is 176 Å². The van der Waals surface area contributed by atoms with E-state index in [0.717, 1.165) is 47.5 Å². The van der Waals surface area contributed by atoms with E-state index in [9.17, 15) is 9.59 Å². The zero-order valence-corrected chi connectivity index (χ0v) is 17.8. The van der Waals surface area contributed by atoms with E-state index in [0.29, 0.717) is 13.1 Å². The number of hydrogen-bond donors (Lipinski definition) is 1. The minimum Gasteiger partial charge on any atom is -0.324 e. The van der Waals surface area contributed by atoms with Gasteiger partial charge in [0.25, 0.3) is 5.91 Å². The molecule has 1 N–H and O–H groups in total. The number of carbonyl (C=O) groups excluding carboxylic acids is 2. The third-order valence-corrected chi connectivity index (χ3v) is 7.45. The fourth-order valence-electron chi connectivity index (χ4n) is 4.25. The molecule has 0 aliphatic carbocycles. The molecule has 6 heteroatoms. The highest BCUT2D eigenvalue weighted by molar-refractivity contribution is 8.00. The highest BCUT2D eigenvalue weighted by Crippen LogP contribution is 2.44. The highest BCUT2D eigenvalue weighted by atomic mass is 32.2. The zero-order valence-electron chi connectivity index (χ0n) is 17.0. The maximum atomic E-state index is 13.2. The Hall–Kier alpha value is -2.47. The van der Waals surface area contributed by atoms with Crippen molar-refractivity contribution in [2.45, 2.75) is 31.6 Å². The predicted molar refractivity (Wildman–Crippen MR) is 118 cm³/mol. The molecule has 0 radical (unpaired) electrons. The van der Waals surface area contributed by atoms with Crippen LogP contribution in [0, 0.1) is 13.8 Å². The summed E-state index contributed by atoms with van der Waals surface area (Å²) in [6.45, 7) is 6.08. The lowest BCUT2D eigenvalue weighted by Crippen LogP contribution is -2.54. The molecule has 2 aliphatic rings. The Morgan fingerprint density at radius 1 is 1.00 bits per heavy atom. The number of anilines is 1. The largest absolute Gasteiger partial charge is 0.324 e. The van der Waals surface area contributed by atoms with E-state index in [2.05, 4.69) is 10.2 Å². The van der Waals surface area contributed by atoms with Crippen LogP contribution >= 0.6 is 11.8 Å². The fraction of sp³-hybridized carbons (Fsp3) is 0.391. The Morgan fingerprint density at radius 3 is 2.48 bits per heavy atom. The van der Waals surface area contributed by atoms with Crippen LogP contribution < -0.4 is 5.32 Å². The molecule has 0 unspecified atom stereocenters. The summed E-state index contributed by atoms with van der Waals surface area (Å²) in [4.78, 5) is 29.7. The molecule has 2 fully saturated rings. The van der Waals surface area contributed by atoms with Crippen molar-refractivity contribution in [2.24, 2.45) is 0 Å². The Kier molecular flexibility index (Phi) is 5.54. The van der Waals surface area contributed by atoms with Crippen LogP contribution in [0.15, 0.2) is 48.5 Å². The van der Waals surface area contributed by atoms with Crippen LogP contribution in [0.1, 0.15) is 34.3 Å². The lowest BCUT2D eigenvalue weighted by atomic mass is 10.00. The molecule has 29 heavy (non-hydrogen) atoms. The number of piperidine rings is 1. The molecule has 2 heterocycles. The molecule has 1 spiro atoms. The minimum atomic E-state index is -0.195. The van der Waals surface area contributed by atoms with E-state index in [-0.39, 0.29) is 16.8 Å². The van der Waals surface area contributed by atoms with Gasteiger partial charge in [0.2, 0.25) is 0 Å². The van der Waals surface area contributed by atoms with Gasteiger partial charge in [-0.15, -0.1) is 11.8 Å². The third kappa shape index (κ3) is 3.99. The first-order chi connectivity index (χ1) is 14.0. The average Bonchev–Trinajstić information content (AvgIpc) is 3.11. The normalized spacial score (nSPS) is 18.1. The number of nitrogens with one attached hydrogen (secondary N) is 1. The standard InChI is InChI=1S/C23H27N3O2S/c1-17-6-5-8-19(16-17)24-22(28)25-12-10-23(11-13-25)26(14-15-29-23)21(27)20-9-4-3-7-18(20)2/h3-9,16H,10-15H2,1-2H3,(H,24,28). The van der Waals surface area contributed by atoms with Crippen LogP contribution in [0.5, 0.6) is 0 Å². The van der Waals surface area contributed by atoms with Gasteiger partial charge in [-0.05, 0) is 56.0 Å². The molecule has 0 bridgehead atoms. The van der Waals surface area contributed by atoms with Gasteiger partial charge in [-0.2, -0.15) is 0 Å². The molecule has 5 nitrogen and oxygen atoms in total. The quantitative estimate of drug-likeness (QED) is 0.794. The molecule has 2 aliphatic heterocycles. The summed E-state index contributed by atoms with van der Waals surface area (Å²) in [6, 6.07) is 15.6. The van der Waals surface area contributed by atoms with Gasteiger partial charge in [-0.25, -0.2) is 4.79 Å². The van der Waals surface area contributed by atoms with Crippen molar-refractivity contribution < 1.29 is 9.59 Å². The highest BCUT2D eigenvalue weighted by Gasteiger charge is 2.47. The van der Waals surface area contributed by atoms with E-state index >= 15 is 0 Å². The van der Waals surface area contributed by atoms with Gasteiger partial charge in [-0.1, -0.05) is 30.3 Å². The van der Waals surface area contributed by atoms with Crippen LogP contribution in [0.3, 0.4) is 0 Å². The number of nitrogens with zero attached hydrogens (tertiary/aromatic N) is 2. The summed E-state index contributed by atoms with van der Waals surface area (Å²) in [5.41, 5.74) is 3.74. The van der Waals surface area contributed by atoms with Crippen molar-refractivity contribution >= 4 is 29.4 Å². The maximum absolute atomic E-state index is 13.2. The predicted octanol–water partition coefficient (Wildman–Crippen LogP) is 4.52. The summed E-state index contributed by atoms with van der Waals surface area (Å²) < 4.78 is 0. The van der Waals surface area contributed by atoms with Crippen LogP contribution in [0.2, 0.25) is 0 Å². The summed E-state index contributed by atoms with van der Waals surface area (Å²) in [6.07, 6.45) is 1.60. The molecule has 2 aromatic carbocycles. The number of likely N-dealkylation sites (tertiary alicyclic amines) is 1. The lowest BCUT2D eigenvalue weighted by molar-refractivity contribution is 0.0585. The van der Waals surface area contributed by atoms with Gasteiger partial charge in [0, 0.05) is 36.6 Å². The molecule has 2 aromatic rings. The second-order valence-corrected chi connectivity index (χ2v) is 9.31. The summed E-state index contributed by atoms with van der Waals surface area (Å²) in [7, 11) is 0. The topological polar surface area (TPSA) is 52.7 Å². The first-order valence-corrected chi connectivity index (χ1v) is 11.1. The molecular weight excluding hydrogens is 382 g/mol. The van der Waals surface area contributed by atoms with Crippen molar-refractivity contribution in [3.63, 3.8) is 0 Å². The molecule has 2 saturated heterocycles. The van der Waals surface area contributed by atoms with Crippen LogP contribution in [-0.2, 0) is 0 Å². The van der Waals surface area contributed by atoms with Crippen molar-refractivity contribution in [2.75, 3.05) is 30.7 Å². The van der Waals surface area contributed by atoms with Crippen LogP contribution in [-0.4, -0.2) is 52.0 Å². The second-order valence-electron chi connectivity index (χ2n) is 7.85. The molecule has 152 valence electrons. The SMILES string of the molecule is Cc1cccc(NC(=O)N2CCC3(CC2)SCCN3C(=O)c2ccccc2C)c1. The Bertz CT molecular complexity index is 922. The average molecular weight is 410 g/mol. The minimum absolute atomic E-state index is 0.0646. The Morgan fingerprint density at radius 2 is 1.76 bits per heavy atom. The summed E-state index contributed by atoms with van der Waals surface area (Å²) >= 11 is 1.87. The number of hydrogen-bond acceptors (Lipinski definition) is 3. The molecule has 0 aromatic heterocycles. The summed E-state index contributed by atoms with van der Waals surface area (Å²) in [5, 5.41) is 3.00. The van der Waals surface area contributed by atoms with E-state index in [1.807, 2.05) is 79.0 Å². The number of amides is 3. The van der Waals surface area contributed by atoms with E-state index in [1.165, 1.54) is 0 Å². The van der Waals surface area contributed by atoms with E-state index in [4.69, 9.17) is 0 Å². The number of benzene rings is 2. The van der Waals surface area contributed by atoms with Crippen molar-refractivity contribution in [1.82, 2.24) is 9.80 Å². The van der Waals surface area contributed by atoms with Crippen molar-refractivity contribution in [1.29, 1.82) is 0 Å². The first-order valence-electron chi connectivity index (χ1n) is 10.1. The number of aryl methyl sites for hydroxylation is 2. The smallest absolute Gasteiger partial charge is 0.321 e. The zero-order chi connectivity index (χ0) is 20.4. The maximum Gasteiger partial charge on any atom is 0.321 e. The molecule has 4 rings (SSSR count). The molecular formula is C23H27N3O2S. The lowest BCUT2D eigenvalue weighted by Gasteiger charge is -2.44.